The summed E-state index contributed by atoms with van der Waals surface area (Å²) in [5, 5.41) is 9.24. The molecule has 6 heteroatoms. The maximum Gasteiger partial charge on any atom is 0.140 e. The highest BCUT2D eigenvalue weighted by Crippen LogP contribution is 2.23. The van der Waals surface area contributed by atoms with Crippen LogP contribution in [0, 0.1) is 17.1 Å². The molecular weight excluding hydrogens is 299 g/mol. The first-order valence-corrected chi connectivity index (χ1v) is 7.33. The van der Waals surface area contributed by atoms with Crippen LogP contribution in [0.25, 0.3) is 0 Å². The van der Waals surface area contributed by atoms with Crippen LogP contribution in [-0.2, 0) is 16.6 Å². The van der Waals surface area contributed by atoms with Crippen LogP contribution in [-0.4, -0.2) is 4.21 Å². The van der Waals surface area contributed by atoms with Crippen molar-refractivity contribution in [3.8, 4) is 6.07 Å². The first-order valence-electron chi connectivity index (χ1n) is 5.63. The van der Waals surface area contributed by atoms with Gasteiger partial charge in [0.1, 0.15) is 11.9 Å². The summed E-state index contributed by atoms with van der Waals surface area (Å²) in [5.74, 6) is -0.436. The fourth-order valence-electron chi connectivity index (χ4n) is 1.70. The van der Waals surface area contributed by atoms with E-state index in [-0.39, 0.29) is 11.3 Å². The summed E-state index contributed by atoms with van der Waals surface area (Å²) in [6, 6.07) is 10.6. The minimum Gasteiger partial charge on any atom is -0.398 e. The van der Waals surface area contributed by atoms with Crippen LogP contribution in [0.4, 0.5) is 10.1 Å². The molecule has 1 unspecified atom stereocenters. The average molecular weight is 309 g/mol. The average Bonchev–Trinajstić information content (AvgIpc) is 2.40. The standard InChI is InChI=1S/C14H10ClFN2OS/c15-11-2-4-14(13(18)6-11)20(19)8-9-1-3-12(16)10(5-9)7-17/h1-6H,8,18H2. The Morgan fingerprint density at radius 2 is 2.05 bits per heavy atom. The Balaban J connectivity index is 2.26. The third-order valence-electron chi connectivity index (χ3n) is 2.67. The lowest BCUT2D eigenvalue weighted by atomic mass is 10.1. The summed E-state index contributed by atoms with van der Waals surface area (Å²) in [6.45, 7) is 0. The van der Waals surface area contributed by atoms with Crippen molar-refractivity contribution < 1.29 is 8.60 Å². The highest BCUT2D eigenvalue weighted by Gasteiger charge is 2.11. The maximum atomic E-state index is 13.2. The van der Waals surface area contributed by atoms with Gasteiger partial charge in [-0.05, 0) is 35.9 Å². The Kier molecular flexibility index (Phi) is 4.38. The second-order valence-corrected chi connectivity index (χ2v) is 5.95. The smallest absolute Gasteiger partial charge is 0.140 e. The minimum atomic E-state index is -1.39. The number of nitrogens with zero attached hydrogens (tertiary/aromatic N) is 1. The first kappa shape index (κ1) is 14.5. The number of nitrogens with two attached hydrogens (primary N) is 1. The summed E-state index contributed by atoms with van der Waals surface area (Å²) in [5.41, 5.74) is 6.65. The molecule has 2 rings (SSSR count). The molecule has 1 atom stereocenters. The molecule has 0 bridgehead atoms. The van der Waals surface area contributed by atoms with E-state index in [1.165, 1.54) is 24.3 Å². The van der Waals surface area contributed by atoms with E-state index in [1.54, 1.807) is 18.2 Å². The highest BCUT2D eigenvalue weighted by molar-refractivity contribution is 7.84. The summed E-state index contributed by atoms with van der Waals surface area (Å²) < 4.78 is 25.4. The third-order valence-corrected chi connectivity index (χ3v) is 4.36. The van der Waals surface area contributed by atoms with Crippen LogP contribution >= 0.6 is 11.6 Å². The fourth-order valence-corrected chi connectivity index (χ4v) is 3.06. The fraction of sp³-hybridized carbons (Fsp3) is 0.0714. The molecule has 0 spiro atoms. The first-order chi connectivity index (χ1) is 9.51. The van der Waals surface area contributed by atoms with Gasteiger partial charge in [0.25, 0.3) is 0 Å². The number of rotatable bonds is 3. The quantitative estimate of drug-likeness (QED) is 0.885. The van der Waals surface area contributed by atoms with Gasteiger partial charge in [-0.25, -0.2) is 4.39 Å². The van der Waals surface area contributed by atoms with Crippen LogP contribution < -0.4 is 5.73 Å². The summed E-state index contributed by atoms with van der Waals surface area (Å²) in [4.78, 5) is 0.470. The van der Waals surface area contributed by atoms with Crippen LogP contribution in [0.5, 0.6) is 0 Å². The Morgan fingerprint density at radius 3 is 2.70 bits per heavy atom. The van der Waals surface area contributed by atoms with Gasteiger partial charge in [0, 0.05) is 10.7 Å². The Morgan fingerprint density at radius 1 is 1.30 bits per heavy atom. The van der Waals surface area contributed by atoms with Crippen LogP contribution in [0.1, 0.15) is 11.1 Å². The molecule has 0 amide bonds. The van der Waals surface area contributed by atoms with E-state index in [9.17, 15) is 8.60 Å². The van der Waals surface area contributed by atoms with E-state index in [0.717, 1.165) is 0 Å². The summed E-state index contributed by atoms with van der Waals surface area (Å²) in [6.07, 6.45) is 0. The topological polar surface area (TPSA) is 66.9 Å². The SMILES string of the molecule is N#Cc1cc(CS(=O)c2ccc(Cl)cc2N)ccc1F. The molecule has 2 N–H and O–H groups in total. The van der Waals surface area contributed by atoms with Crippen molar-refractivity contribution >= 4 is 28.1 Å². The van der Waals surface area contributed by atoms with Gasteiger partial charge in [0.15, 0.2) is 0 Å². The number of benzene rings is 2. The van der Waals surface area contributed by atoms with Gasteiger partial charge in [-0.15, -0.1) is 0 Å². The largest absolute Gasteiger partial charge is 0.398 e. The van der Waals surface area contributed by atoms with Crippen LogP contribution in [0.3, 0.4) is 0 Å². The van der Waals surface area contributed by atoms with E-state index in [1.807, 2.05) is 0 Å². The van der Waals surface area contributed by atoms with E-state index < -0.39 is 16.6 Å². The number of anilines is 1. The lowest BCUT2D eigenvalue weighted by Gasteiger charge is -2.07. The maximum absolute atomic E-state index is 13.2. The Labute approximate surface area is 123 Å². The predicted molar refractivity (Wildman–Crippen MR) is 77.1 cm³/mol. The molecule has 0 saturated carbocycles. The van der Waals surface area contributed by atoms with Crippen molar-refractivity contribution in [2.24, 2.45) is 0 Å². The number of nitriles is 1. The molecule has 0 fully saturated rings. The van der Waals surface area contributed by atoms with Gasteiger partial charge >= 0.3 is 0 Å². The molecule has 0 aliphatic heterocycles. The van der Waals surface area contributed by atoms with Crippen molar-refractivity contribution in [3.05, 3.63) is 58.4 Å². The van der Waals surface area contributed by atoms with Crippen molar-refractivity contribution in [3.63, 3.8) is 0 Å². The molecule has 0 saturated heterocycles. The monoisotopic (exact) mass is 308 g/mol. The lowest BCUT2D eigenvalue weighted by molar-refractivity contribution is 0.623. The van der Waals surface area contributed by atoms with Crippen LogP contribution in [0.15, 0.2) is 41.3 Å². The molecule has 0 heterocycles. The van der Waals surface area contributed by atoms with Gasteiger partial charge in [-0.3, -0.25) is 4.21 Å². The molecule has 2 aromatic rings. The highest BCUT2D eigenvalue weighted by atomic mass is 35.5. The zero-order valence-electron chi connectivity index (χ0n) is 10.3. The molecule has 0 aliphatic carbocycles. The zero-order chi connectivity index (χ0) is 14.7. The summed E-state index contributed by atoms with van der Waals surface area (Å²) >= 11 is 5.78. The molecular formula is C14H10ClFN2OS. The Hall–Kier alpha value is -1.90. The number of hydrogen-bond donors (Lipinski definition) is 1. The molecule has 2 aromatic carbocycles. The lowest BCUT2D eigenvalue weighted by Crippen LogP contribution is -2.01. The molecule has 0 aromatic heterocycles. The minimum absolute atomic E-state index is 0.0661. The Bertz CT molecular complexity index is 728. The van der Waals surface area contributed by atoms with Gasteiger partial charge in [-0.1, -0.05) is 17.7 Å². The van der Waals surface area contributed by atoms with Crippen molar-refractivity contribution in [1.82, 2.24) is 0 Å². The van der Waals surface area contributed by atoms with Crippen molar-refractivity contribution in [2.45, 2.75) is 10.6 Å². The molecule has 0 radical (unpaired) electrons. The molecule has 102 valence electrons. The predicted octanol–water partition coefficient (Wildman–Crippen LogP) is 3.24. The normalized spacial score (nSPS) is 11.8. The summed E-state index contributed by atoms with van der Waals surface area (Å²) in [7, 11) is -1.39. The second kappa shape index (κ2) is 6.04. The third kappa shape index (κ3) is 3.16. The molecule has 0 aliphatic rings. The van der Waals surface area contributed by atoms with Gasteiger partial charge < -0.3 is 5.73 Å². The van der Waals surface area contributed by atoms with Gasteiger partial charge in [0.2, 0.25) is 0 Å². The number of nitrogen functional groups attached to an aromatic ring is 1. The van der Waals surface area contributed by atoms with E-state index in [4.69, 9.17) is 22.6 Å². The molecule has 3 nitrogen and oxygen atoms in total. The number of halogens is 2. The van der Waals surface area contributed by atoms with Gasteiger partial charge in [-0.2, -0.15) is 5.26 Å². The zero-order valence-corrected chi connectivity index (χ0v) is 11.8. The molecule has 20 heavy (non-hydrogen) atoms. The van der Waals surface area contributed by atoms with Gasteiger partial charge in [0.05, 0.1) is 27.0 Å². The van der Waals surface area contributed by atoms with E-state index >= 15 is 0 Å². The second-order valence-electron chi connectivity index (χ2n) is 4.10. The van der Waals surface area contributed by atoms with Crippen LogP contribution in [0.2, 0.25) is 5.02 Å². The number of hydrogen-bond acceptors (Lipinski definition) is 3. The van der Waals surface area contributed by atoms with E-state index in [0.29, 0.717) is 21.2 Å². The van der Waals surface area contributed by atoms with E-state index in [2.05, 4.69) is 0 Å². The van der Waals surface area contributed by atoms with Crippen molar-refractivity contribution in [1.29, 1.82) is 5.26 Å². The van der Waals surface area contributed by atoms with Crippen molar-refractivity contribution in [2.75, 3.05) is 5.73 Å².